The molecule has 1 saturated heterocycles. The summed E-state index contributed by atoms with van der Waals surface area (Å²) in [5.74, 6) is -0.0381. The molecule has 0 bridgehead atoms. The molecule has 0 saturated carbocycles. The number of ether oxygens (including phenoxy) is 1. The molecule has 1 aromatic heterocycles. The molecule has 2 heterocycles. The Morgan fingerprint density at radius 2 is 2.50 bits per heavy atom. The Labute approximate surface area is 93.0 Å². The molecular weight excluding hydrogens is 208 g/mol. The normalized spacial score (nSPS) is 19.4. The highest BCUT2D eigenvalue weighted by Gasteiger charge is 2.25. The number of nitrogens with zero attached hydrogens (tertiary/aromatic N) is 1. The predicted octanol–water partition coefficient (Wildman–Crippen LogP) is 1.58. The van der Waals surface area contributed by atoms with Crippen molar-refractivity contribution in [2.45, 2.75) is 25.9 Å². The zero-order valence-electron chi connectivity index (χ0n) is 8.95. The molecule has 0 aliphatic carbocycles. The first-order chi connectivity index (χ1) is 7.72. The minimum Gasteiger partial charge on any atom is -0.447 e. The minimum absolute atomic E-state index is 0.209. The van der Waals surface area contributed by atoms with Gasteiger partial charge in [-0.15, -0.1) is 0 Å². The Bertz CT molecular complexity index is 439. The number of carbonyl (C=O) groups is 1. The van der Waals surface area contributed by atoms with Gasteiger partial charge in [-0.1, -0.05) is 0 Å². The van der Waals surface area contributed by atoms with Crippen LogP contribution in [0.5, 0.6) is 0 Å². The van der Waals surface area contributed by atoms with Crippen LogP contribution in [0.25, 0.3) is 0 Å². The van der Waals surface area contributed by atoms with Crippen molar-refractivity contribution in [3.63, 3.8) is 0 Å². The van der Waals surface area contributed by atoms with E-state index in [0.717, 1.165) is 6.42 Å². The second-order valence-electron chi connectivity index (χ2n) is 3.73. The lowest BCUT2D eigenvalue weighted by Gasteiger charge is -2.08. The van der Waals surface area contributed by atoms with Crippen LogP contribution in [0.3, 0.4) is 0 Å². The third kappa shape index (κ3) is 1.92. The van der Waals surface area contributed by atoms with Gasteiger partial charge in [0.25, 0.3) is 5.91 Å². The standard InChI is InChI=1S/C11H12N2O3/c1-7-6-16-11(8(7)5-12)13-10(14)9-3-2-4-15-9/h6,9H,2-4H2,1H3,(H,13,14)/t9-/m1/s1. The van der Waals surface area contributed by atoms with Crippen LogP contribution < -0.4 is 5.32 Å². The molecule has 0 unspecified atom stereocenters. The molecule has 1 aliphatic rings. The number of rotatable bonds is 2. The molecule has 1 aliphatic heterocycles. The van der Waals surface area contributed by atoms with Crippen LogP contribution in [0.2, 0.25) is 0 Å². The summed E-state index contributed by atoms with van der Waals surface area (Å²) in [5, 5.41) is 11.4. The van der Waals surface area contributed by atoms with Gasteiger partial charge in [-0.05, 0) is 19.8 Å². The topological polar surface area (TPSA) is 75.3 Å². The summed E-state index contributed by atoms with van der Waals surface area (Å²) in [6.07, 6.45) is 2.63. The Balaban J connectivity index is 2.09. The van der Waals surface area contributed by atoms with E-state index in [0.29, 0.717) is 24.2 Å². The first-order valence-corrected chi connectivity index (χ1v) is 5.13. The average Bonchev–Trinajstić information content (AvgIpc) is 2.88. The third-order valence-corrected chi connectivity index (χ3v) is 2.55. The number of amides is 1. The summed E-state index contributed by atoms with van der Waals surface area (Å²) >= 11 is 0. The molecule has 2 rings (SSSR count). The number of furan rings is 1. The molecule has 1 fully saturated rings. The Kier molecular flexibility index (Phi) is 2.93. The lowest BCUT2D eigenvalue weighted by molar-refractivity contribution is -0.124. The predicted molar refractivity (Wildman–Crippen MR) is 55.8 cm³/mol. The molecule has 84 valence electrons. The Morgan fingerprint density at radius 1 is 1.69 bits per heavy atom. The van der Waals surface area contributed by atoms with E-state index in [2.05, 4.69) is 5.32 Å². The van der Waals surface area contributed by atoms with Crippen LogP contribution >= 0.6 is 0 Å². The summed E-state index contributed by atoms with van der Waals surface area (Å²) in [5.41, 5.74) is 1.08. The number of aryl methyl sites for hydroxylation is 1. The van der Waals surface area contributed by atoms with E-state index in [1.54, 1.807) is 6.92 Å². The van der Waals surface area contributed by atoms with Crippen LogP contribution in [0.15, 0.2) is 10.7 Å². The van der Waals surface area contributed by atoms with E-state index in [1.807, 2.05) is 6.07 Å². The summed E-state index contributed by atoms with van der Waals surface area (Å²) in [6.45, 7) is 2.37. The minimum atomic E-state index is -0.419. The van der Waals surface area contributed by atoms with Gasteiger partial charge in [-0.2, -0.15) is 5.26 Å². The fraction of sp³-hybridized carbons (Fsp3) is 0.455. The lowest BCUT2D eigenvalue weighted by Crippen LogP contribution is -2.26. The van der Waals surface area contributed by atoms with Crippen molar-refractivity contribution in [3.05, 3.63) is 17.4 Å². The zero-order valence-corrected chi connectivity index (χ0v) is 8.95. The molecule has 1 amide bonds. The fourth-order valence-electron chi connectivity index (χ4n) is 1.65. The van der Waals surface area contributed by atoms with E-state index in [9.17, 15) is 4.79 Å². The summed E-state index contributed by atoms with van der Waals surface area (Å²) in [7, 11) is 0. The van der Waals surface area contributed by atoms with Gasteiger partial charge in [0.2, 0.25) is 5.88 Å². The number of hydrogen-bond acceptors (Lipinski definition) is 4. The average molecular weight is 220 g/mol. The quantitative estimate of drug-likeness (QED) is 0.820. The summed E-state index contributed by atoms with van der Waals surface area (Å²) < 4.78 is 10.3. The van der Waals surface area contributed by atoms with Gasteiger partial charge < -0.3 is 9.15 Å². The third-order valence-electron chi connectivity index (χ3n) is 2.55. The maximum atomic E-state index is 11.7. The highest BCUT2D eigenvalue weighted by atomic mass is 16.5. The number of nitrogens with one attached hydrogen (secondary N) is 1. The van der Waals surface area contributed by atoms with Crippen LogP contribution in [-0.2, 0) is 9.53 Å². The van der Waals surface area contributed by atoms with Gasteiger partial charge in [0, 0.05) is 12.2 Å². The molecular formula is C11H12N2O3. The summed E-state index contributed by atoms with van der Waals surface area (Å²) in [4.78, 5) is 11.7. The van der Waals surface area contributed by atoms with Crippen molar-refractivity contribution < 1.29 is 13.9 Å². The zero-order chi connectivity index (χ0) is 11.5. The molecule has 5 nitrogen and oxygen atoms in total. The highest BCUT2D eigenvalue weighted by Crippen LogP contribution is 2.22. The maximum absolute atomic E-state index is 11.7. The number of nitriles is 1. The molecule has 1 N–H and O–H groups in total. The molecule has 0 spiro atoms. The highest BCUT2D eigenvalue weighted by molar-refractivity contribution is 5.94. The second kappa shape index (κ2) is 4.37. The van der Waals surface area contributed by atoms with E-state index in [-0.39, 0.29) is 11.8 Å². The number of anilines is 1. The van der Waals surface area contributed by atoms with Gasteiger partial charge in [0.05, 0.1) is 6.26 Å². The van der Waals surface area contributed by atoms with E-state index >= 15 is 0 Å². The van der Waals surface area contributed by atoms with Crippen molar-refractivity contribution in [1.29, 1.82) is 5.26 Å². The van der Waals surface area contributed by atoms with Crippen molar-refractivity contribution in [1.82, 2.24) is 0 Å². The molecule has 16 heavy (non-hydrogen) atoms. The van der Waals surface area contributed by atoms with Crippen LogP contribution in [0.1, 0.15) is 24.0 Å². The monoisotopic (exact) mass is 220 g/mol. The van der Waals surface area contributed by atoms with E-state index in [1.165, 1.54) is 6.26 Å². The van der Waals surface area contributed by atoms with Gasteiger partial charge in [0.15, 0.2) is 0 Å². The van der Waals surface area contributed by atoms with Gasteiger partial charge in [-0.25, -0.2) is 0 Å². The maximum Gasteiger partial charge on any atom is 0.255 e. The van der Waals surface area contributed by atoms with Crippen LogP contribution in [0.4, 0.5) is 5.88 Å². The Morgan fingerprint density at radius 3 is 3.12 bits per heavy atom. The van der Waals surface area contributed by atoms with Crippen molar-refractivity contribution in [2.24, 2.45) is 0 Å². The first-order valence-electron chi connectivity index (χ1n) is 5.13. The summed E-state index contributed by atoms with van der Waals surface area (Å²) in [6, 6.07) is 1.99. The van der Waals surface area contributed by atoms with Crippen molar-refractivity contribution in [2.75, 3.05) is 11.9 Å². The largest absolute Gasteiger partial charge is 0.447 e. The lowest BCUT2D eigenvalue weighted by atomic mass is 10.2. The molecule has 0 aromatic carbocycles. The van der Waals surface area contributed by atoms with Gasteiger partial charge in [-0.3, -0.25) is 10.1 Å². The molecule has 1 aromatic rings. The number of hydrogen-bond donors (Lipinski definition) is 1. The van der Waals surface area contributed by atoms with E-state index in [4.69, 9.17) is 14.4 Å². The first kappa shape index (κ1) is 10.7. The molecule has 0 radical (unpaired) electrons. The van der Waals surface area contributed by atoms with Crippen LogP contribution in [-0.4, -0.2) is 18.6 Å². The van der Waals surface area contributed by atoms with Crippen molar-refractivity contribution in [3.8, 4) is 6.07 Å². The van der Waals surface area contributed by atoms with Crippen molar-refractivity contribution >= 4 is 11.8 Å². The fourth-order valence-corrected chi connectivity index (χ4v) is 1.65. The molecule has 1 atom stereocenters. The van der Waals surface area contributed by atoms with Gasteiger partial charge >= 0.3 is 0 Å². The second-order valence-corrected chi connectivity index (χ2v) is 3.73. The molecule has 5 heteroatoms. The Hall–Kier alpha value is -1.80. The van der Waals surface area contributed by atoms with Crippen LogP contribution in [0, 0.1) is 18.3 Å². The van der Waals surface area contributed by atoms with Gasteiger partial charge in [0.1, 0.15) is 17.7 Å². The SMILES string of the molecule is Cc1coc(NC(=O)[C@H]2CCCO2)c1C#N. The smallest absolute Gasteiger partial charge is 0.255 e. The number of carbonyl (C=O) groups excluding carboxylic acids is 1. The van der Waals surface area contributed by atoms with E-state index < -0.39 is 6.10 Å².